The van der Waals surface area contributed by atoms with Gasteiger partial charge in [0.1, 0.15) is 11.6 Å². The van der Waals surface area contributed by atoms with Gasteiger partial charge >= 0.3 is 0 Å². The molecule has 1 fully saturated rings. The molecule has 4 nitrogen and oxygen atoms in total. The number of rotatable bonds is 3. The fourth-order valence-corrected chi connectivity index (χ4v) is 2.23. The summed E-state index contributed by atoms with van der Waals surface area (Å²) in [7, 11) is 0. The van der Waals surface area contributed by atoms with Crippen molar-refractivity contribution < 1.29 is 0 Å². The van der Waals surface area contributed by atoms with Crippen molar-refractivity contribution in [1.29, 1.82) is 0 Å². The summed E-state index contributed by atoms with van der Waals surface area (Å²) >= 11 is 0. The second-order valence-electron chi connectivity index (χ2n) is 4.03. The molecular formula is C11H18N4. The largest absolute Gasteiger partial charge is 0.353 e. The number of anilines is 1. The van der Waals surface area contributed by atoms with Gasteiger partial charge in [0.25, 0.3) is 0 Å². The summed E-state index contributed by atoms with van der Waals surface area (Å²) in [5, 5.41) is 0. The molecule has 4 heteroatoms. The summed E-state index contributed by atoms with van der Waals surface area (Å²) < 4.78 is 0. The number of nitrogens with two attached hydrogens (primary N) is 1. The Morgan fingerprint density at radius 2 is 2.47 bits per heavy atom. The zero-order chi connectivity index (χ0) is 10.7. The lowest BCUT2D eigenvalue weighted by Gasteiger charge is -2.25. The zero-order valence-corrected chi connectivity index (χ0v) is 9.19. The molecule has 0 radical (unpaired) electrons. The van der Waals surface area contributed by atoms with E-state index in [0.29, 0.717) is 6.04 Å². The van der Waals surface area contributed by atoms with Crippen molar-refractivity contribution in [2.24, 2.45) is 5.73 Å². The van der Waals surface area contributed by atoms with E-state index in [1.54, 1.807) is 0 Å². The lowest BCUT2D eigenvalue weighted by molar-refractivity contribution is 0.613. The molecule has 82 valence electrons. The molecule has 0 aliphatic carbocycles. The van der Waals surface area contributed by atoms with Gasteiger partial charge in [-0.1, -0.05) is 0 Å². The van der Waals surface area contributed by atoms with E-state index in [1.165, 1.54) is 12.8 Å². The van der Waals surface area contributed by atoms with Crippen LogP contribution < -0.4 is 10.6 Å². The highest BCUT2D eigenvalue weighted by atomic mass is 15.2. The van der Waals surface area contributed by atoms with Crippen molar-refractivity contribution in [3.05, 3.63) is 18.1 Å². The number of aryl methyl sites for hydroxylation is 1. The Hall–Kier alpha value is -1.16. The molecule has 0 saturated carbocycles. The Balaban J connectivity index is 2.15. The summed E-state index contributed by atoms with van der Waals surface area (Å²) in [6.45, 7) is 3.78. The van der Waals surface area contributed by atoms with Crippen LogP contribution in [0.1, 0.15) is 25.1 Å². The van der Waals surface area contributed by atoms with Gasteiger partial charge in [0.2, 0.25) is 0 Å². The van der Waals surface area contributed by atoms with Gasteiger partial charge in [-0.2, -0.15) is 0 Å². The number of hydrogen-bond donors (Lipinski definition) is 1. The van der Waals surface area contributed by atoms with Gasteiger partial charge in [-0.25, -0.2) is 9.97 Å². The fourth-order valence-electron chi connectivity index (χ4n) is 2.23. The van der Waals surface area contributed by atoms with E-state index in [9.17, 15) is 0 Å². The highest BCUT2D eigenvalue weighted by Crippen LogP contribution is 2.24. The van der Waals surface area contributed by atoms with Crippen molar-refractivity contribution in [1.82, 2.24) is 9.97 Å². The van der Waals surface area contributed by atoms with Crippen LogP contribution in [0, 0.1) is 6.92 Å². The average molecular weight is 206 g/mol. The van der Waals surface area contributed by atoms with Gasteiger partial charge in [0.05, 0.1) is 0 Å². The SMILES string of the molecule is Cc1nccc(N2CCCC2CCN)n1. The average Bonchev–Trinajstić information content (AvgIpc) is 2.66. The Labute approximate surface area is 90.5 Å². The molecule has 15 heavy (non-hydrogen) atoms. The number of hydrogen-bond acceptors (Lipinski definition) is 4. The van der Waals surface area contributed by atoms with Crippen molar-refractivity contribution in [3.8, 4) is 0 Å². The molecule has 1 aromatic rings. The second-order valence-corrected chi connectivity index (χ2v) is 4.03. The molecule has 0 bridgehead atoms. The van der Waals surface area contributed by atoms with E-state index in [-0.39, 0.29) is 0 Å². The normalized spacial score (nSPS) is 20.9. The topological polar surface area (TPSA) is 55.0 Å². The number of aromatic nitrogens is 2. The summed E-state index contributed by atoms with van der Waals surface area (Å²) in [6.07, 6.45) is 5.37. The van der Waals surface area contributed by atoms with E-state index >= 15 is 0 Å². The highest BCUT2D eigenvalue weighted by Gasteiger charge is 2.24. The lowest BCUT2D eigenvalue weighted by atomic mass is 10.1. The zero-order valence-electron chi connectivity index (χ0n) is 9.19. The van der Waals surface area contributed by atoms with Gasteiger partial charge < -0.3 is 10.6 Å². The van der Waals surface area contributed by atoms with Crippen molar-refractivity contribution in [2.45, 2.75) is 32.2 Å². The molecule has 1 unspecified atom stereocenters. The molecule has 0 aromatic carbocycles. The van der Waals surface area contributed by atoms with Gasteiger partial charge in [-0.05, 0) is 38.8 Å². The maximum Gasteiger partial charge on any atom is 0.132 e. The van der Waals surface area contributed by atoms with E-state index in [4.69, 9.17) is 5.73 Å². The first-order chi connectivity index (χ1) is 7.31. The molecule has 2 rings (SSSR count). The van der Waals surface area contributed by atoms with Gasteiger partial charge in [-0.15, -0.1) is 0 Å². The second kappa shape index (κ2) is 4.57. The predicted molar refractivity (Wildman–Crippen MR) is 60.8 cm³/mol. The van der Waals surface area contributed by atoms with E-state index < -0.39 is 0 Å². The Kier molecular flexibility index (Phi) is 3.16. The third kappa shape index (κ3) is 2.26. The highest BCUT2D eigenvalue weighted by molar-refractivity contribution is 5.40. The van der Waals surface area contributed by atoms with Crippen LogP contribution >= 0.6 is 0 Å². The number of nitrogens with zero attached hydrogens (tertiary/aromatic N) is 3. The molecule has 1 aromatic heterocycles. The molecule has 0 amide bonds. The Morgan fingerprint density at radius 1 is 1.60 bits per heavy atom. The van der Waals surface area contributed by atoms with E-state index in [2.05, 4.69) is 14.9 Å². The van der Waals surface area contributed by atoms with Crippen LogP contribution in [0.4, 0.5) is 5.82 Å². The van der Waals surface area contributed by atoms with Crippen LogP contribution in [0.25, 0.3) is 0 Å². The van der Waals surface area contributed by atoms with Crippen molar-refractivity contribution >= 4 is 5.82 Å². The molecule has 1 aliphatic heterocycles. The van der Waals surface area contributed by atoms with Crippen LogP contribution in [-0.4, -0.2) is 29.1 Å². The van der Waals surface area contributed by atoms with E-state index in [0.717, 1.165) is 31.2 Å². The van der Waals surface area contributed by atoms with Crippen LogP contribution in [0.2, 0.25) is 0 Å². The Morgan fingerprint density at radius 3 is 3.20 bits per heavy atom. The molecular weight excluding hydrogens is 188 g/mol. The monoisotopic (exact) mass is 206 g/mol. The molecule has 1 aliphatic rings. The third-order valence-electron chi connectivity index (χ3n) is 2.93. The smallest absolute Gasteiger partial charge is 0.132 e. The molecule has 1 atom stereocenters. The maximum absolute atomic E-state index is 5.62. The molecule has 2 heterocycles. The van der Waals surface area contributed by atoms with Gasteiger partial charge in [0.15, 0.2) is 0 Å². The fraction of sp³-hybridized carbons (Fsp3) is 0.636. The van der Waals surface area contributed by atoms with Crippen molar-refractivity contribution in [3.63, 3.8) is 0 Å². The lowest BCUT2D eigenvalue weighted by Crippen LogP contribution is -2.31. The maximum atomic E-state index is 5.62. The summed E-state index contributed by atoms with van der Waals surface area (Å²) in [4.78, 5) is 10.9. The van der Waals surface area contributed by atoms with Gasteiger partial charge in [0, 0.05) is 18.8 Å². The Bertz CT molecular complexity index is 326. The molecule has 1 saturated heterocycles. The quantitative estimate of drug-likeness (QED) is 0.804. The first-order valence-corrected chi connectivity index (χ1v) is 5.57. The first-order valence-electron chi connectivity index (χ1n) is 5.57. The summed E-state index contributed by atoms with van der Waals surface area (Å²) in [5.41, 5.74) is 5.62. The van der Waals surface area contributed by atoms with Crippen LogP contribution in [0.5, 0.6) is 0 Å². The minimum Gasteiger partial charge on any atom is -0.353 e. The molecule has 2 N–H and O–H groups in total. The van der Waals surface area contributed by atoms with Crippen molar-refractivity contribution in [2.75, 3.05) is 18.0 Å². The standard InChI is InChI=1S/C11H18N4/c1-9-13-7-5-11(14-9)15-8-2-3-10(15)4-6-12/h5,7,10H,2-4,6,8,12H2,1H3. The van der Waals surface area contributed by atoms with Crippen LogP contribution in [0.3, 0.4) is 0 Å². The van der Waals surface area contributed by atoms with E-state index in [1.807, 2.05) is 19.2 Å². The van der Waals surface area contributed by atoms with Crippen LogP contribution in [-0.2, 0) is 0 Å². The minimum absolute atomic E-state index is 0.573. The molecule has 0 spiro atoms. The van der Waals surface area contributed by atoms with Crippen LogP contribution in [0.15, 0.2) is 12.3 Å². The summed E-state index contributed by atoms with van der Waals surface area (Å²) in [6, 6.07) is 2.56. The third-order valence-corrected chi connectivity index (χ3v) is 2.93. The predicted octanol–water partition coefficient (Wildman–Crippen LogP) is 1.10. The summed E-state index contributed by atoms with van der Waals surface area (Å²) in [5.74, 6) is 1.89. The van der Waals surface area contributed by atoms with Gasteiger partial charge in [-0.3, -0.25) is 0 Å². The minimum atomic E-state index is 0.573. The first kappa shape index (κ1) is 10.4.